The number of allylic oxidation sites excluding steroid dienone is 4. The van der Waals surface area contributed by atoms with Gasteiger partial charge in [0.2, 0.25) is 0 Å². The second-order valence-corrected chi connectivity index (χ2v) is 6.81. The Bertz CT molecular complexity index is 650. The Kier molecular flexibility index (Phi) is 7.78. The lowest BCUT2D eigenvalue weighted by Gasteiger charge is -2.28. The number of hydrogen-bond donors (Lipinski definition) is 0. The summed E-state index contributed by atoms with van der Waals surface area (Å²) in [4.78, 5) is 0. The molecule has 4 heteroatoms. The maximum atomic E-state index is 13.2. The highest BCUT2D eigenvalue weighted by Gasteiger charge is 2.20. The summed E-state index contributed by atoms with van der Waals surface area (Å²) < 4.78 is 38.7. The predicted molar refractivity (Wildman–Crippen MR) is 93.3 cm³/mol. The molecule has 0 spiro atoms. The molecule has 0 atom stereocenters. The summed E-state index contributed by atoms with van der Waals surface area (Å²) in [5.41, 5.74) is 0.865. The van der Waals surface area contributed by atoms with Gasteiger partial charge in [-0.2, -0.15) is 9.65 Å². The molecule has 1 aliphatic carbocycles. The maximum Gasteiger partial charge on any atom is 0.199 e. The molecule has 0 radical (unpaired) electrons. The van der Waals surface area contributed by atoms with E-state index < -0.39 is 17.5 Å². The molecule has 1 nitrogen and oxygen atoms in total. The van der Waals surface area contributed by atoms with Gasteiger partial charge in [-0.15, -0.1) is 0 Å². The largest absolute Gasteiger partial charge is 0.204 e. The smallest absolute Gasteiger partial charge is 0.199 e. The molecule has 1 aromatic carbocycles. The van der Waals surface area contributed by atoms with Crippen LogP contribution in [0.2, 0.25) is 0 Å². The Morgan fingerprint density at radius 2 is 1.76 bits per heavy atom. The topological polar surface area (TPSA) is 23.8 Å². The molecule has 1 aromatic rings. The average Bonchev–Trinajstić information content (AvgIpc) is 2.63. The van der Waals surface area contributed by atoms with Crippen molar-refractivity contribution in [1.82, 2.24) is 0 Å². The zero-order valence-electron chi connectivity index (χ0n) is 14.4. The van der Waals surface area contributed by atoms with Gasteiger partial charge < -0.3 is 0 Å². The molecule has 25 heavy (non-hydrogen) atoms. The number of aryl methyl sites for hydroxylation is 1. The molecule has 0 aliphatic heterocycles. The van der Waals surface area contributed by atoms with Gasteiger partial charge in [-0.05, 0) is 61.3 Å². The fourth-order valence-corrected chi connectivity index (χ4v) is 3.49. The van der Waals surface area contributed by atoms with Crippen molar-refractivity contribution in [2.45, 2.75) is 51.4 Å². The molecule has 134 valence electrons. The minimum Gasteiger partial charge on any atom is -0.204 e. The Labute approximate surface area is 147 Å². The highest BCUT2D eigenvalue weighted by Crippen LogP contribution is 2.34. The monoisotopic (exact) mass is 347 g/mol. The Morgan fingerprint density at radius 1 is 1.08 bits per heavy atom. The fraction of sp³-hybridized carbons (Fsp3) is 0.476. The van der Waals surface area contributed by atoms with Crippen molar-refractivity contribution in [2.75, 3.05) is 0 Å². The number of nitriles is 1. The van der Waals surface area contributed by atoms with E-state index in [9.17, 15) is 13.2 Å². The minimum atomic E-state index is -0.788. The first-order valence-electron chi connectivity index (χ1n) is 8.95. The molecule has 2 rings (SSSR count). The van der Waals surface area contributed by atoms with E-state index >= 15 is 0 Å². The van der Waals surface area contributed by atoms with E-state index in [1.165, 1.54) is 50.0 Å². The lowest BCUT2D eigenvalue weighted by Crippen LogP contribution is -2.15. The molecule has 0 heterocycles. The molecule has 0 bridgehead atoms. The molecule has 0 saturated heterocycles. The highest BCUT2D eigenvalue weighted by molar-refractivity contribution is 5.19. The third-order valence-electron chi connectivity index (χ3n) is 5.02. The third-order valence-corrected chi connectivity index (χ3v) is 5.02. The van der Waals surface area contributed by atoms with Crippen LogP contribution in [0.3, 0.4) is 0 Å². The molecule has 0 unspecified atom stereocenters. The summed E-state index contributed by atoms with van der Waals surface area (Å²) >= 11 is 0. The van der Waals surface area contributed by atoms with E-state index in [-0.39, 0.29) is 0 Å². The van der Waals surface area contributed by atoms with Crippen LogP contribution in [0.1, 0.15) is 50.5 Å². The lowest BCUT2D eigenvalue weighted by atomic mass is 9.78. The van der Waals surface area contributed by atoms with Crippen molar-refractivity contribution >= 4 is 0 Å². The number of nitrogens with zero attached hydrogens (tertiary/aromatic N) is 1. The molecule has 0 N–H and O–H groups in total. The summed E-state index contributed by atoms with van der Waals surface area (Å²) in [6, 6.07) is 5.61. The second-order valence-electron chi connectivity index (χ2n) is 6.81. The summed E-state index contributed by atoms with van der Waals surface area (Å²) in [5.74, 6) is -0.956. The van der Waals surface area contributed by atoms with Gasteiger partial charge in [0.05, 0.1) is 0 Å². The predicted octanol–water partition coefficient (Wildman–Crippen LogP) is 6.42. The Hall–Kier alpha value is -2.02. The zero-order valence-corrected chi connectivity index (χ0v) is 14.4. The number of hydrogen-bond acceptors (Lipinski definition) is 1. The first-order valence-corrected chi connectivity index (χ1v) is 8.95. The molecule has 0 aromatic heterocycles. The molecular formula is C21H24F3N. The van der Waals surface area contributed by atoms with Gasteiger partial charge >= 0.3 is 0 Å². The van der Waals surface area contributed by atoms with E-state index in [0.717, 1.165) is 31.2 Å². The summed E-state index contributed by atoms with van der Waals surface area (Å²) in [6.07, 6.45) is 13.3. The van der Waals surface area contributed by atoms with Crippen LogP contribution in [-0.4, -0.2) is 0 Å². The van der Waals surface area contributed by atoms with Crippen LogP contribution in [0, 0.1) is 34.8 Å². The molecule has 1 saturated carbocycles. The maximum absolute atomic E-state index is 13.2. The van der Waals surface area contributed by atoms with Crippen molar-refractivity contribution in [3.05, 3.63) is 59.5 Å². The number of benzene rings is 1. The molecule has 1 aliphatic rings. The normalized spacial score (nSPS) is 21.4. The van der Waals surface area contributed by atoms with Crippen LogP contribution in [0.4, 0.5) is 13.2 Å². The van der Waals surface area contributed by atoms with Crippen LogP contribution in [-0.2, 0) is 6.42 Å². The zero-order chi connectivity index (χ0) is 18.1. The van der Waals surface area contributed by atoms with Crippen LogP contribution in [0.5, 0.6) is 0 Å². The van der Waals surface area contributed by atoms with Gasteiger partial charge in [0.1, 0.15) is 6.07 Å². The first kappa shape index (κ1) is 19.3. The van der Waals surface area contributed by atoms with Gasteiger partial charge in [-0.25, -0.2) is 8.78 Å². The lowest BCUT2D eigenvalue weighted by molar-refractivity contribution is 0.254. The SMILES string of the molecule is N#C/C(F)=C/C=C/CC[C@H]1CC[C@H](CCc2ccc(F)c(F)c2)CC1. The van der Waals surface area contributed by atoms with Crippen molar-refractivity contribution in [2.24, 2.45) is 11.8 Å². The first-order chi connectivity index (χ1) is 12.1. The standard InChI is InChI=1S/C21H24F3N/c22-19(15-25)5-3-1-2-4-16-6-8-17(9-7-16)10-11-18-12-13-20(23)21(24)14-18/h1,3,5,12-14,16-17H,2,4,6-11H2/b3-1+,19-5-/t16-,17-. The summed E-state index contributed by atoms with van der Waals surface area (Å²) in [7, 11) is 0. The minimum absolute atomic E-state index is 0.660. The van der Waals surface area contributed by atoms with E-state index in [1.54, 1.807) is 12.1 Å². The van der Waals surface area contributed by atoms with Gasteiger partial charge in [0, 0.05) is 0 Å². The van der Waals surface area contributed by atoms with Crippen LogP contribution >= 0.6 is 0 Å². The third kappa shape index (κ3) is 6.78. The van der Waals surface area contributed by atoms with Crippen molar-refractivity contribution in [3.63, 3.8) is 0 Å². The Morgan fingerprint density at radius 3 is 2.40 bits per heavy atom. The van der Waals surface area contributed by atoms with Gasteiger partial charge in [-0.1, -0.05) is 43.9 Å². The van der Waals surface area contributed by atoms with Gasteiger partial charge in [-0.3, -0.25) is 0 Å². The van der Waals surface area contributed by atoms with E-state index in [1.807, 2.05) is 6.08 Å². The molecular weight excluding hydrogens is 323 g/mol. The van der Waals surface area contributed by atoms with Crippen LogP contribution < -0.4 is 0 Å². The van der Waals surface area contributed by atoms with E-state index in [0.29, 0.717) is 11.8 Å². The molecule has 1 fully saturated rings. The Balaban J connectivity index is 1.64. The average molecular weight is 347 g/mol. The number of rotatable bonds is 7. The fourth-order valence-electron chi connectivity index (χ4n) is 3.49. The van der Waals surface area contributed by atoms with Crippen molar-refractivity contribution in [1.29, 1.82) is 5.26 Å². The van der Waals surface area contributed by atoms with Gasteiger partial charge in [0.25, 0.3) is 0 Å². The summed E-state index contributed by atoms with van der Waals surface area (Å²) in [5, 5.41) is 8.30. The summed E-state index contributed by atoms with van der Waals surface area (Å²) in [6.45, 7) is 0. The van der Waals surface area contributed by atoms with E-state index in [4.69, 9.17) is 5.26 Å². The quantitative estimate of drug-likeness (QED) is 0.412. The number of halogens is 3. The second kappa shape index (κ2) is 10.1. The van der Waals surface area contributed by atoms with E-state index in [2.05, 4.69) is 0 Å². The van der Waals surface area contributed by atoms with Gasteiger partial charge in [0.15, 0.2) is 17.5 Å². The van der Waals surface area contributed by atoms with Crippen LogP contribution in [0.15, 0.2) is 42.3 Å². The van der Waals surface area contributed by atoms with Crippen LogP contribution in [0.25, 0.3) is 0 Å². The highest BCUT2D eigenvalue weighted by atomic mass is 19.2. The van der Waals surface area contributed by atoms with Crippen molar-refractivity contribution in [3.8, 4) is 6.07 Å². The van der Waals surface area contributed by atoms with Crippen molar-refractivity contribution < 1.29 is 13.2 Å². The molecule has 0 amide bonds.